The van der Waals surface area contributed by atoms with E-state index in [1.807, 2.05) is 18.2 Å². The lowest BCUT2D eigenvalue weighted by atomic mass is 10.1. The van der Waals surface area contributed by atoms with Crippen molar-refractivity contribution in [3.05, 3.63) is 35.9 Å². The zero-order valence-electron chi connectivity index (χ0n) is 10.8. The molecule has 0 aromatic heterocycles. The molecule has 1 unspecified atom stereocenters. The van der Waals surface area contributed by atoms with Gasteiger partial charge >= 0.3 is 0 Å². The van der Waals surface area contributed by atoms with E-state index in [9.17, 15) is 5.11 Å². The Morgan fingerprint density at radius 3 is 2.59 bits per heavy atom. The van der Waals surface area contributed by atoms with Crippen LogP contribution in [-0.4, -0.2) is 24.4 Å². The molecule has 1 N–H and O–H groups in total. The zero-order valence-corrected chi connectivity index (χ0v) is 10.8. The summed E-state index contributed by atoms with van der Waals surface area (Å²) in [7, 11) is 0. The normalized spacial score (nSPS) is 12.6. The van der Waals surface area contributed by atoms with Gasteiger partial charge in [0.25, 0.3) is 0 Å². The van der Waals surface area contributed by atoms with Gasteiger partial charge in [-0.15, -0.1) is 0 Å². The molecule has 1 atom stereocenters. The molecule has 0 saturated carbocycles. The standard InChI is InChI=1S/C15H24O2/c1-2-3-12-17-13-11-15(16)10-9-14-7-5-4-6-8-14/h4-8,15-16H,2-3,9-13H2,1H3. The van der Waals surface area contributed by atoms with Crippen molar-refractivity contribution in [3.63, 3.8) is 0 Å². The largest absolute Gasteiger partial charge is 0.393 e. The molecule has 0 aliphatic carbocycles. The monoisotopic (exact) mass is 236 g/mol. The van der Waals surface area contributed by atoms with E-state index in [4.69, 9.17) is 4.74 Å². The first-order chi connectivity index (χ1) is 8.33. The Labute approximate surface area is 105 Å². The van der Waals surface area contributed by atoms with Crippen LogP contribution in [0.2, 0.25) is 0 Å². The molecule has 1 aromatic carbocycles. The number of unbranched alkanes of at least 4 members (excludes halogenated alkanes) is 1. The fourth-order valence-electron chi connectivity index (χ4n) is 1.69. The van der Waals surface area contributed by atoms with Crippen LogP contribution in [0, 0.1) is 0 Å². The van der Waals surface area contributed by atoms with Crippen molar-refractivity contribution in [1.82, 2.24) is 0 Å². The van der Waals surface area contributed by atoms with E-state index in [0.29, 0.717) is 6.61 Å². The Morgan fingerprint density at radius 2 is 1.88 bits per heavy atom. The van der Waals surface area contributed by atoms with Gasteiger partial charge in [0.15, 0.2) is 0 Å². The van der Waals surface area contributed by atoms with Crippen molar-refractivity contribution in [2.24, 2.45) is 0 Å². The van der Waals surface area contributed by atoms with Crippen molar-refractivity contribution >= 4 is 0 Å². The topological polar surface area (TPSA) is 29.5 Å². The van der Waals surface area contributed by atoms with Gasteiger partial charge in [-0.3, -0.25) is 0 Å². The summed E-state index contributed by atoms with van der Waals surface area (Å²) in [5.41, 5.74) is 1.29. The first-order valence-electron chi connectivity index (χ1n) is 6.62. The van der Waals surface area contributed by atoms with E-state index in [-0.39, 0.29) is 6.10 Å². The van der Waals surface area contributed by atoms with E-state index in [1.165, 1.54) is 5.56 Å². The summed E-state index contributed by atoms with van der Waals surface area (Å²) in [6, 6.07) is 10.3. The van der Waals surface area contributed by atoms with Gasteiger partial charge in [0.05, 0.1) is 6.10 Å². The fourth-order valence-corrected chi connectivity index (χ4v) is 1.69. The molecule has 1 aromatic rings. The van der Waals surface area contributed by atoms with Crippen LogP contribution in [0.5, 0.6) is 0 Å². The van der Waals surface area contributed by atoms with Gasteiger partial charge in [0, 0.05) is 13.2 Å². The van der Waals surface area contributed by atoms with Crippen LogP contribution < -0.4 is 0 Å². The van der Waals surface area contributed by atoms with Crippen LogP contribution in [0.1, 0.15) is 38.2 Å². The third kappa shape index (κ3) is 7.14. The number of aliphatic hydroxyl groups excluding tert-OH is 1. The van der Waals surface area contributed by atoms with Crippen LogP contribution in [0.15, 0.2) is 30.3 Å². The van der Waals surface area contributed by atoms with Crippen molar-refractivity contribution in [3.8, 4) is 0 Å². The Bertz CT molecular complexity index is 272. The van der Waals surface area contributed by atoms with E-state index < -0.39 is 0 Å². The molecule has 0 aliphatic heterocycles. The lowest BCUT2D eigenvalue weighted by Crippen LogP contribution is -2.12. The summed E-state index contributed by atoms with van der Waals surface area (Å²) >= 11 is 0. The quantitative estimate of drug-likeness (QED) is 0.667. The van der Waals surface area contributed by atoms with Gasteiger partial charge in [0.2, 0.25) is 0 Å². The predicted octanol–water partition coefficient (Wildman–Crippen LogP) is 3.19. The second-order valence-corrected chi connectivity index (χ2v) is 4.43. The van der Waals surface area contributed by atoms with Crippen LogP contribution in [0.4, 0.5) is 0 Å². The molecule has 0 aliphatic rings. The summed E-state index contributed by atoms with van der Waals surface area (Å²) < 4.78 is 5.44. The highest BCUT2D eigenvalue weighted by Gasteiger charge is 2.04. The van der Waals surface area contributed by atoms with Gasteiger partial charge < -0.3 is 9.84 Å². The molecule has 0 bridgehead atoms. The van der Waals surface area contributed by atoms with Gasteiger partial charge in [0.1, 0.15) is 0 Å². The Balaban J connectivity index is 2.03. The van der Waals surface area contributed by atoms with E-state index in [2.05, 4.69) is 19.1 Å². The third-order valence-corrected chi connectivity index (χ3v) is 2.85. The number of ether oxygens (including phenoxy) is 1. The summed E-state index contributed by atoms with van der Waals surface area (Å²) in [6.45, 7) is 3.65. The predicted molar refractivity (Wildman–Crippen MR) is 71.1 cm³/mol. The minimum absolute atomic E-state index is 0.239. The highest BCUT2D eigenvalue weighted by molar-refractivity contribution is 5.14. The third-order valence-electron chi connectivity index (χ3n) is 2.85. The molecule has 96 valence electrons. The maximum atomic E-state index is 9.79. The minimum atomic E-state index is -0.239. The van der Waals surface area contributed by atoms with E-state index >= 15 is 0 Å². The first-order valence-corrected chi connectivity index (χ1v) is 6.62. The van der Waals surface area contributed by atoms with E-state index in [0.717, 1.165) is 38.7 Å². The van der Waals surface area contributed by atoms with Crippen LogP contribution in [-0.2, 0) is 11.2 Å². The number of hydrogen-bond acceptors (Lipinski definition) is 2. The summed E-state index contributed by atoms with van der Waals surface area (Å²) in [5.74, 6) is 0. The van der Waals surface area contributed by atoms with E-state index in [1.54, 1.807) is 0 Å². The number of rotatable bonds is 9. The van der Waals surface area contributed by atoms with Crippen molar-refractivity contribution < 1.29 is 9.84 Å². The molecule has 0 fully saturated rings. The average molecular weight is 236 g/mol. The zero-order chi connectivity index (χ0) is 12.3. The molecule has 1 rings (SSSR count). The van der Waals surface area contributed by atoms with Gasteiger partial charge in [-0.25, -0.2) is 0 Å². The molecule has 0 heterocycles. The SMILES string of the molecule is CCCCOCCC(O)CCc1ccccc1. The maximum Gasteiger partial charge on any atom is 0.0565 e. The highest BCUT2D eigenvalue weighted by Crippen LogP contribution is 2.07. The molecule has 17 heavy (non-hydrogen) atoms. The first kappa shape index (κ1) is 14.2. The van der Waals surface area contributed by atoms with Crippen LogP contribution >= 0.6 is 0 Å². The molecule has 2 nitrogen and oxygen atoms in total. The number of benzene rings is 1. The Kier molecular flexibility index (Phi) is 7.69. The number of aryl methyl sites for hydroxylation is 1. The molecular weight excluding hydrogens is 212 g/mol. The number of aliphatic hydroxyl groups is 1. The van der Waals surface area contributed by atoms with Crippen LogP contribution in [0.25, 0.3) is 0 Å². The molecule has 0 radical (unpaired) electrons. The Morgan fingerprint density at radius 1 is 1.12 bits per heavy atom. The molecule has 0 amide bonds. The second-order valence-electron chi connectivity index (χ2n) is 4.43. The summed E-state index contributed by atoms with van der Waals surface area (Å²) in [4.78, 5) is 0. The maximum absolute atomic E-state index is 9.79. The number of hydrogen-bond donors (Lipinski definition) is 1. The molecule has 2 heteroatoms. The fraction of sp³-hybridized carbons (Fsp3) is 0.600. The smallest absolute Gasteiger partial charge is 0.0565 e. The summed E-state index contributed by atoms with van der Waals surface area (Å²) in [6.07, 6.45) is 4.54. The average Bonchev–Trinajstić information content (AvgIpc) is 2.37. The van der Waals surface area contributed by atoms with Gasteiger partial charge in [-0.1, -0.05) is 43.7 Å². The lowest BCUT2D eigenvalue weighted by molar-refractivity contribution is 0.0770. The Hall–Kier alpha value is -0.860. The highest BCUT2D eigenvalue weighted by atomic mass is 16.5. The van der Waals surface area contributed by atoms with Gasteiger partial charge in [-0.2, -0.15) is 0 Å². The van der Waals surface area contributed by atoms with Crippen molar-refractivity contribution in [2.45, 2.75) is 45.1 Å². The minimum Gasteiger partial charge on any atom is -0.393 e. The van der Waals surface area contributed by atoms with Gasteiger partial charge in [-0.05, 0) is 31.2 Å². The van der Waals surface area contributed by atoms with Crippen molar-refractivity contribution in [1.29, 1.82) is 0 Å². The lowest BCUT2D eigenvalue weighted by Gasteiger charge is -2.10. The second kappa shape index (κ2) is 9.20. The van der Waals surface area contributed by atoms with Crippen LogP contribution in [0.3, 0.4) is 0 Å². The molecule has 0 saturated heterocycles. The van der Waals surface area contributed by atoms with Crippen molar-refractivity contribution in [2.75, 3.05) is 13.2 Å². The summed E-state index contributed by atoms with van der Waals surface area (Å²) in [5, 5.41) is 9.79. The molecule has 0 spiro atoms. The molecular formula is C15H24O2.